The molecule has 0 amide bonds. The SMILES string of the molecule is CC(O)CCN(C)c1ncc([N+](=O)[O-])cc1Cl. The quantitative estimate of drug-likeness (QED) is 0.645. The van der Waals surface area contributed by atoms with Crippen molar-refractivity contribution in [2.75, 3.05) is 18.5 Å². The van der Waals surface area contributed by atoms with E-state index in [1.165, 1.54) is 12.3 Å². The van der Waals surface area contributed by atoms with Crippen LogP contribution in [0.3, 0.4) is 0 Å². The number of aliphatic hydroxyl groups is 1. The summed E-state index contributed by atoms with van der Waals surface area (Å²) in [5.74, 6) is 0.470. The first kappa shape index (κ1) is 13.7. The van der Waals surface area contributed by atoms with Gasteiger partial charge in [0.25, 0.3) is 5.69 Å². The molecule has 94 valence electrons. The number of aliphatic hydroxyl groups excluding tert-OH is 1. The van der Waals surface area contributed by atoms with Gasteiger partial charge in [0.2, 0.25) is 0 Å². The third-order valence-corrected chi connectivity index (χ3v) is 2.54. The first-order valence-corrected chi connectivity index (χ1v) is 5.48. The van der Waals surface area contributed by atoms with Crippen molar-refractivity contribution < 1.29 is 10.0 Å². The van der Waals surface area contributed by atoms with E-state index >= 15 is 0 Å². The van der Waals surface area contributed by atoms with Crippen molar-refractivity contribution >= 4 is 23.1 Å². The van der Waals surface area contributed by atoms with Crippen LogP contribution in [0.4, 0.5) is 11.5 Å². The van der Waals surface area contributed by atoms with Crippen LogP contribution in [0, 0.1) is 10.1 Å². The summed E-state index contributed by atoms with van der Waals surface area (Å²) >= 11 is 5.91. The summed E-state index contributed by atoms with van der Waals surface area (Å²) in [6, 6.07) is 1.27. The third kappa shape index (κ3) is 3.83. The number of rotatable bonds is 5. The van der Waals surface area contributed by atoms with E-state index in [1.54, 1.807) is 18.9 Å². The molecule has 1 aromatic heterocycles. The minimum absolute atomic E-state index is 0.136. The Morgan fingerprint density at radius 2 is 2.35 bits per heavy atom. The van der Waals surface area contributed by atoms with Crippen molar-refractivity contribution in [1.82, 2.24) is 4.98 Å². The number of pyridine rings is 1. The van der Waals surface area contributed by atoms with Crippen LogP contribution in [0.5, 0.6) is 0 Å². The standard InChI is InChI=1S/C10H14ClN3O3/c1-7(15)3-4-13(2)10-9(11)5-8(6-12-10)14(16)17/h5-7,15H,3-4H2,1-2H3. The highest BCUT2D eigenvalue weighted by atomic mass is 35.5. The lowest BCUT2D eigenvalue weighted by Gasteiger charge is -2.19. The molecular formula is C10H14ClN3O3. The molecule has 0 bridgehead atoms. The molecule has 0 aliphatic carbocycles. The molecule has 0 fully saturated rings. The highest BCUT2D eigenvalue weighted by molar-refractivity contribution is 6.33. The van der Waals surface area contributed by atoms with Crippen molar-refractivity contribution in [3.8, 4) is 0 Å². The van der Waals surface area contributed by atoms with Gasteiger partial charge in [-0.1, -0.05) is 11.6 Å². The average Bonchev–Trinajstić information content (AvgIpc) is 2.25. The maximum Gasteiger partial charge on any atom is 0.289 e. The molecule has 0 aromatic carbocycles. The van der Waals surface area contributed by atoms with Gasteiger partial charge in [-0.2, -0.15) is 0 Å². The van der Waals surface area contributed by atoms with E-state index in [-0.39, 0.29) is 10.7 Å². The van der Waals surface area contributed by atoms with Crippen molar-refractivity contribution in [3.63, 3.8) is 0 Å². The molecule has 0 radical (unpaired) electrons. The zero-order chi connectivity index (χ0) is 13.0. The second-order valence-corrected chi connectivity index (χ2v) is 4.22. The van der Waals surface area contributed by atoms with Crippen LogP contribution >= 0.6 is 11.6 Å². The van der Waals surface area contributed by atoms with Gasteiger partial charge < -0.3 is 10.0 Å². The van der Waals surface area contributed by atoms with Crippen LogP contribution in [0.15, 0.2) is 12.3 Å². The molecule has 1 atom stereocenters. The van der Waals surface area contributed by atoms with Crippen molar-refractivity contribution in [2.24, 2.45) is 0 Å². The van der Waals surface area contributed by atoms with Gasteiger partial charge in [-0.25, -0.2) is 4.98 Å². The summed E-state index contributed by atoms with van der Waals surface area (Å²) in [7, 11) is 1.77. The van der Waals surface area contributed by atoms with E-state index in [2.05, 4.69) is 4.98 Å². The number of hydrogen-bond donors (Lipinski definition) is 1. The van der Waals surface area contributed by atoms with Gasteiger partial charge in [0.05, 0.1) is 16.0 Å². The molecule has 0 spiro atoms. The number of nitro groups is 1. The summed E-state index contributed by atoms with van der Waals surface area (Å²) in [4.78, 5) is 15.7. The summed E-state index contributed by atoms with van der Waals surface area (Å²) in [6.45, 7) is 2.26. The van der Waals surface area contributed by atoms with E-state index in [4.69, 9.17) is 16.7 Å². The van der Waals surface area contributed by atoms with Crippen LogP contribution < -0.4 is 4.90 Å². The predicted molar refractivity (Wildman–Crippen MR) is 65.5 cm³/mol. The smallest absolute Gasteiger partial charge is 0.289 e. The molecule has 1 aromatic rings. The Balaban J connectivity index is 2.81. The summed E-state index contributed by atoms with van der Waals surface area (Å²) in [5, 5.41) is 19.9. The fraction of sp³-hybridized carbons (Fsp3) is 0.500. The third-order valence-electron chi connectivity index (χ3n) is 2.26. The van der Waals surface area contributed by atoms with Gasteiger partial charge in [0, 0.05) is 19.7 Å². The summed E-state index contributed by atoms with van der Waals surface area (Å²) in [6.07, 6.45) is 1.33. The molecule has 17 heavy (non-hydrogen) atoms. The number of aromatic nitrogens is 1. The minimum atomic E-state index is -0.543. The largest absolute Gasteiger partial charge is 0.393 e. The van der Waals surface area contributed by atoms with E-state index in [0.29, 0.717) is 18.8 Å². The van der Waals surface area contributed by atoms with Crippen LogP contribution in [-0.2, 0) is 0 Å². The molecule has 1 N–H and O–H groups in total. The minimum Gasteiger partial charge on any atom is -0.393 e. The van der Waals surface area contributed by atoms with Crippen molar-refractivity contribution in [2.45, 2.75) is 19.4 Å². The number of anilines is 1. The zero-order valence-corrected chi connectivity index (χ0v) is 10.4. The zero-order valence-electron chi connectivity index (χ0n) is 9.63. The number of hydrogen-bond acceptors (Lipinski definition) is 5. The lowest BCUT2D eigenvalue weighted by molar-refractivity contribution is -0.385. The highest BCUT2D eigenvalue weighted by Crippen LogP contribution is 2.26. The fourth-order valence-corrected chi connectivity index (χ4v) is 1.59. The fourth-order valence-electron chi connectivity index (χ4n) is 1.29. The maximum absolute atomic E-state index is 10.5. The molecule has 6 nitrogen and oxygen atoms in total. The highest BCUT2D eigenvalue weighted by Gasteiger charge is 2.14. The molecule has 0 saturated heterocycles. The summed E-state index contributed by atoms with van der Waals surface area (Å²) < 4.78 is 0. The molecule has 1 unspecified atom stereocenters. The Bertz CT molecular complexity index is 412. The van der Waals surface area contributed by atoms with Gasteiger partial charge in [-0.05, 0) is 13.3 Å². The summed E-state index contributed by atoms with van der Waals surface area (Å²) in [5.41, 5.74) is -0.136. The predicted octanol–water partition coefficient (Wildman–Crippen LogP) is 1.85. The number of halogens is 1. The first-order chi connectivity index (χ1) is 7.91. The molecule has 7 heteroatoms. The molecule has 0 aliphatic rings. The average molecular weight is 260 g/mol. The number of nitrogens with zero attached hydrogens (tertiary/aromatic N) is 3. The molecule has 1 heterocycles. The first-order valence-electron chi connectivity index (χ1n) is 5.11. The van der Waals surface area contributed by atoms with Gasteiger partial charge in [0.1, 0.15) is 12.0 Å². The molecule has 0 saturated carbocycles. The van der Waals surface area contributed by atoms with Crippen LogP contribution in [0.2, 0.25) is 5.02 Å². The topological polar surface area (TPSA) is 79.5 Å². The van der Waals surface area contributed by atoms with Crippen LogP contribution in [0.25, 0.3) is 0 Å². The van der Waals surface area contributed by atoms with Gasteiger partial charge >= 0.3 is 0 Å². The Morgan fingerprint density at radius 3 is 2.82 bits per heavy atom. The Labute approximate surface area is 104 Å². The Hall–Kier alpha value is -1.40. The monoisotopic (exact) mass is 259 g/mol. The van der Waals surface area contributed by atoms with Crippen molar-refractivity contribution in [3.05, 3.63) is 27.4 Å². The lowest BCUT2D eigenvalue weighted by Crippen LogP contribution is -2.23. The van der Waals surface area contributed by atoms with Crippen LogP contribution in [0.1, 0.15) is 13.3 Å². The molecular weight excluding hydrogens is 246 g/mol. The lowest BCUT2D eigenvalue weighted by atomic mass is 10.2. The second-order valence-electron chi connectivity index (χ2n) is 3.82. The molecule has 0 aliphatic heterocycles. The van der Waals surface area contributed by atoms with Crippen LogP contribution in [-0.4, -0.2) is 34.7 Å². The van der Waals surface area contributed by atoms with Crippen molar-refractivity contribution in [1.29, 1.82) is 0 Å². The van der Waals surface area contributed by atoms with E-state index in [0.717, 1.165) is 0 Å². The van der Waals surface area contributed by atoms with E-state index in [9.17, 15) is 10.1 Å². The molecule has 1 rings (SSSR count). The van der Waals surface area contributed by atoms with Gasteiger partial charge in [0.15, 0.2) is 0 Å². The Kier molecular flexibility index (Phi) is 4.65. The Morgan fingerprint density at radius 1 is 1.71 bits per heavy atom. The van der Waals surface area contributed by atoms with Gasteiger partial charge in [-0.3, -0.25) is 10.1 Å². The normalized spacial score (nSPS) is 12.2. The second kappa shape index (κ2) is 5.79. The van der Waals surface area contributed by atoms with E-state index in [1.807, 2.05) is 0 Å². The van der Waals surface area contributed by atoms with E-state index < -0.39 is 11.0 Å². The maximum atomic E-state index is 10.5. The van der Waals surface area contributed by atoms with Gasteiger partial charge in [-0.15, -0.1) is 0 Å².